The summed E-state index contributed by atoms with van der Waals surface area (Å²) in [5, 5.41) is 25.2. The Hall–Kier alpha value is -3.15. The van der Waals surface area contributed by atoms with Crippen LogP contribution in [0.5, 0.6) is 5.88 Å². The van der Waals surface area contributed by atoms with E-state index in [1.807, 2.05) is 37.3 Å². The number of rotatable bonds is 20. The van der Waals surface area contributed by atoms with Crippen molar-refractivity contribution in [3.05, 3.63) is 42.2 Å². The number of fused-ring (bicyclic) bond motifs is 1. The first-order valence-corrected chi connectivity index (χ1v) is 19.4. The molecule has 0 amide bonds. The van der Waals surface area contributed by atoms with E-state index in [1.165, 1.54) is 17.8 Å². The van der Waals surface area contributed by atoms with Crippen LogP contribution >= 0.6 is 19.5 Å². The van der Waals surface area contributed by atoms with Crippen LogP contribution in [0.3, 0.4) is 0 Å². The summed E-state index contributed by atoms with van der Waals surface area (Å²) in [4.78, 5) is 37.6. The van der Waals surface area contributed by atoms with Crippen molar-refractivity contribution in [3.8, 4) is 5.88 Å². The number of anilines is 1. The first kappa shape index (κ1) is 40.6. The number of aromatic nitrogens is 4. The number of nitrogens with two attached hydrogens (primary N) is 1. The number of unbranched alkanes of at least 4 members (excludes halogenated alkanes) is 2. The molecule has 18 heteroatoms. The third-order valence-corrected chi connectivity index (χ3v) is 10.9. The van der Waals surface area contributed by atoms with Gasteiger partial charge in [-0.1, -0.05) is 61.9 Å². The van der Waals surface area contributed by atoms with Gasteiger partial charge in [-0.3, -0.25) is 23.2 Å². The number of hydrogen-bond acceptors (Lipinski definition) is 15. The minimum atomic E-state index is -4.07. The molecule has 3 aromatic rings. The lowest BCUT2D eigenvalue weighted by Crippen LogP contribution is -2.44. The van der Waals surface area contributed by atoms with Crippen molar-refractivity contribution in [2.75, 3.05) is 37.9 Å². The lowest BCUT2D eigenvalue weighted by atomic mass is 9.96. The van der Waals surface area contributed by atoms with E-state index < -0.39 is 43.8 Å². The van der Waals surface area contributed by atoms with Crippen molar-refractivity contribution in [3.63, 3.8) is 0 Å². The molecule has 282 valence electrons. The van der Waals surface area contributed by atoms with Crippen LogP contribution in [-0.2, 0) is 39.2 Å². The Labute approximate surface area is 301 Å². The first-order chi connectivity index (χ1) is 24.2. The maximum atomic E-state index is 14.0. The van der Waals surface area contributed by atoms with Crippen LogP contribution < -0.4 is 15.6 Å². The highest BCUT2D eigenvalue weighted by atomic mass is 32.2. The number of aliphatic hydroxyl groups is 2. The second kappa shape index (κ2) is 18.1. The van der Waals surface area contributed by atoms with Crippen molar-refractivity contribution in [1.82, 2.24) is 24.6 Å². The Bertz CT molecular complexity index is 1660. The highest BCUT2D eigenvalue weighted by Gasteiger charge is 2.54. The maximum Gasteiger partial charge on any atom is 0.405 e. The van der Waals surface area contributed by atoms with Crippen LogP contribution in [0.15, 0.2) is 36.7 Å². The summed E-state index contributed by atoms with van der Waals surface area (Å²) in [5.74, 6) is -0.131. The number of nitrogens with zero attached hydrogens (tertiary/aromatic N) is 4. The van der Waals surface area contributed by atoms with Gasteiger partial charge in [0.1, 0.15) is 24.4 Å². The molecule has 0 spiro atoms. The fourth-order valence-corrected chi connectivity index (χ4v) is 7.41. The molecule has 5 atom stereocenters. The minimum Gasteiger partial charge on any atom is -0.476 e. The average molecular weight is 753 g/mol. The molecule has 51 heavy (non-hydrogen) atoms. The Kier molecular flexibility index (Phi) is 14.4. The normalized spacial score (nSPS) is 21.8. The zero-order valence-electron chi connectivity index (χ0n) is 29.6. The van der Waals surface area contributed by atoms with Gasteiger partial charge < -0.3 is 30.2 Å². The van der Waals surface area contributed by atoms with Crippen LogP contribution in [0.2, 0.25) is 0 Å². The van der Waals surface area contributed by atoms with Gasteiger partial charge in [-0.15, -0.1) is 0 Å². The molecule has 1 aliphatic heterocycles. The molecule has 1 aromatic carbocycles. The standard InChI is InChI=1S/C33H49N6O10PS/c1-6-8-10-15-24(40)46-20-32(3,4)30(42)51-17-16-47-50(44,36-18-22-13-11-9-12-14-22)48-19-23-26(41)33(5,43)29(49-23)39-21-35-25-27(39)37-31(34)38-28(25)45-7-2/h9,11-14,21,23,26,29,41,43H,6-8,10,15-20H2,1-5H3,(H,36,44)(H2,34,37,38)/t23?,26-,29?,33-,50?/m1/s1. The summed E-state index contributed by atoms with van der Waals surface area (Å²) in [6.45, 7) is 8.39. The third-order valence-electron chi connectivity index (χ3n) is 8.13. The van der Waals surface area contributed by atoms with E-state index in [9.17, 15) is 24.4 Å². The summed E-state index contributed by atoms with van der Waals surface area (Å²) in [7, 11) is -4.07. The first-order valence-electron chi connectivity index (χ1n) is 16.9. The van der Waals surface area contributed by atoms with Gasteiger partial charge in [0, 0.05) is 18.7 Å². The predicted octanol–water partition coefficient (Wildman–Crippen LogP) is 4.16. The molecule has 0 bridgehead atoms. The Balaban J connectivity index is 1.39. The number of imidazole rings is 1. The number of nitrogen functional groups attached to an aromatic ring is 1. The molecule has 0 saturated carbocycles. The highest BCUT2D eigenvalue weighted by molar-refractivity contribution is 8.13. The average Bonchev–Trinajstić information content (AvgIpc) is 3.61. The number of hydrogen-bond donors (Lipinski definition) is 4. The molecule has 5 N–H and O–H groups in total. The molecule has 1 saturated heterocycles. The zero-order chi connectivity index (χ0) is 37.2. The Morgan fingerprint density at radius 1 is 1.18 bits per heavy atom. The summed E-state index contributed by atoms with van der Waals surface area (Å²) in [6.07, 6.45) is 0.477. The van der Waals surface area contributed by atoms with Crippen LogP contribution in [0.4, 0.5) is 5.95 Å². The van der Waals surface area contributed by atoms with Crippen LogP contribution in [0.25, 0.3) is 11.2 Å². The fraction of sp³-hybridized carbons (Fsp3) is 0.606. The number of aliphatic hydroxyl groups excluding tert-OH is 1. The topological polar surface area (TPSA) is 219 Å². The van der Waals surface area contributed by atoms with Crippen LogP contribution in [-0.4, -0.2) is 90.8 Å². The van der Waals surface area contributed by atoms with Crippen molar-refractivity contribution >= 4 is 47.7 Å². The van der Waals surface area contributed by atoms with E-state index in [2.05, 4.69) is 20.0 Å². The van der Waals surface area contributed by atoms with Crippen LogP contribution in [0.1, 0.15) is 72.1 Å². The number of ether oxygens (including phenoxy) is 3. The summed E-state index contributed by atoms with van der Waals surface area (Å²) in [5.41, 5.74) is 4.38. The van der Waals surface area contributed by atoms with Crippen molar-refractivity contribution in [1.29, 1.82) is 0 Å². The van der Waals surface area contributed by atoms with E-state index in [4.69, 9.17) is 29.0 Å². The summed E-state index contributed by atoms with van der Waals surface area (Å²) >= 11 is 0.965. The van der Waals surface area contributed by atoms with Gasteiger partial charge in [0.25, 0.3) is 0 Å². The number of carbonyl (C=O) groups is 2. The molecule has 1 fully saturated rings. The fourth-order valence-electron chi connectivity index (χ4n) is 5.18. The van der Waals surface area contributed by atoms with Crippen molar-refractivity contribution < 1.29 is 47.6 Å². The predicted molar refractivity (Wildman–Crippen MR) is 191 cm³/mol. The van der Waals surface area contributed by atoms with E-state index in [0.29, 0.717) is 13.0 Å². The largest absolute Gasteiger partial charge is 0.476 e. The van der Waals surface area contributed by atoms with E-state index >= 15 is 0 Å². The number of benzene rings is 1. The number of thioether (sulfide) groups is 1. The second-order valence-corrected chi connectivity index (χ2v) is 15.8. The smallest absolute Gasteiger partial charge is 0.405 e. The van der Waals surface area contributed by atoms with E-state index in [0.717, 1.165) is 36.6 Å². The van der Waals surface area contributed by atoms with Gasteiger partial charge in [-0.05, 0) is 39.7 Å². The number of esters is 1. The zero-order valence-corrected chi connectivity index (χ0v) is 31.4. The third kappa shape index (κ3) is 10.7. The van der Waals surface area contributed by atoms with Crippen molar-refractivity contribution in [2.45, 2.75) is 90.9 Å². The number of carbonyl (C=O) groups excluding carboxylic acids is 2. The molecule has 0 radical (unpaired) electrons. The van der Waals surface area contributed by atoms with Gasteiger partial charge in [0.15, 0.2) is 22.5 Å². The molecule has 16 nitrogen and oxygen atoms in total. The molecule has 0 aliphatic carbocycles. The second-order valence-electron chi connectivity index (χ2n) is 12.9. The highest BCUT2D eigenvalue weighted by Crippen LogP contribution is 2.47. The Morgan fingerprint density at radius 3 is 2.63 bits per heavy atom. The molecule has 4 rings (SSSR count). The van der Waals surface area contributed by atoms with Gasteiger partial charge in [0.05, 0.1) is 31.6 Å². The molecule has 1 aliphatic rings. The Morgan fingerprint density at radius 2 is 1.92 bits per heavy atom. The SMILES string of the molecule is CCCCCC(=O)OCC(C)(C)C(=O)SCCOP(=O)(NCc1ccccc1)OCC1OC(n2cnc3c(OCC)nc(N)nc32)[C@](C)(O)[C@@H]1O. The summed E-state index contributed by atoms with van der Waals surface area (Å²) < 4.78 is 43.9. The molecular weight excluding hydrogens is 703 g/mol. The molecular formula is C33H49N6O10PS. The van der Waals surface area contributed by atoms with Gasteiger partial charge in [-0.25, -0.2) is 14.6 Å². The lowest BCUT2D eigenvalue weighted by molar-refractivity contribution is -0.147. The van der Waals surface area contributed by atoms with Gasteiger partial charge >= 0.3 is 13.7 Å². The monoisotopic (exact) mass is 752 g/mol. The van der Waals surface area contributed by atoms with Gasteiger partial charge in [-0.2, -0.15) is 9.97 Å². The summed E-state index contributed by atoms with van der Waals surface area (Å²) in [6, 6.07) is 9.17. The quantitative estimate of drug-likeness (QED) is 0.0723. The minimum absolute atomic E-state index is 0.0533. The lowest BCUT2D eigenvalue weighted by Gasteiger charge is -2.27. The van der Waals surface area contributed by atoms with Gasteiger partial charge in [0.2, 0.25) is 11.8 Å². The molecule has 3 heterocycles. The molecule has 3 unspecified atom stereocenters. The van der Waals surface area contributed by atoms with E-state index in [1.54, 1.807) is 20.8 Å². The molecule has 2 aromatic heterocycles. The number of nitrogens with one attached hydrogen (secondary N) is 1. The maximum absolute atomic E-state index is 14.0. The van der Waals surface area contributed by atoms with Crippen LogP contribution in [0, 0.1) is 5.41 Å². The van der Waals surface area contributed by atoms with E-state index in [-0.39, 0.29) is 59.6 Å². The van der Waals surface area contributed by atoms with Crippen molar-refractivity contribution in [2.24, 2.45) is 5.41 Å².